The van der Waals surface area contributed by atoms with Crippen molar-refractivity contribution in [1.82, 2.24) is 0 Å². The van der Waals surface area contributed by atoms with Crippen molar-refractivity contribution in [1.29, 1.82) is 0 Å². The summed E-state index contributed by atoms with van der Waals surface area (Å²) in [6.07, 6.45) is 0. The van der Waals surface area contributed by atoms with E-state index >= 15 is 0 Å². The van der Waals surface area contributed by atoms with Gasteiger partial charge in [0.15, 0.2) is 0 Å². The Bertz CT molecular complexity index is 3250. The predicted molar refractivity (Wildman–Crippen MR) is 249 cm³/mol. The van der Waals surface area contributed by atoms with Crippen LogP contribution in [0.1, 0.15) is 0 Å². The first-order valence-corrected chi connectivity index (χ1v) is 20.1. The fourth-order valence-corrected chi connectivity index (χ4v) is 9.15. The summed E-state index contributed by atoms with van der Waals surface area (Å²) in [6.45, 7) is 0. The van der Waals surface area contributed by atoms with Gasteiger partial charge < -0.3 is 0 Å². The van der Waals surface area contributed by atoms with Crippen molar-refractivity contribution in [3.05, 3.63) is 231 Å². The van der Waals surface area contributed by atoms with Crippen LogP contribution in [0.4, 0.5) is 0 Å². The summed E-state index contributed by atoms with van der Waals surface area (Å²) in [5, 5.41) is 10.0. The van der Waals surface area contributed by atoms with Gasteiger partial charge in [-0.1, -0.05) is 218 Å². The summed E-state index contributed by atoms with van der Waals surface area (Å²) in [6, 6.07) is 84.6. The molecule has 0 heteroatoms. The fraction of sp³-hybridized carbons (Fsp3) is 0. The van der Waals surface area contributed by atoms with Crippen LogP contribution >= 0.6 is 0 Å². The molecule has 0 aliphatic carbocycles. The minimum atomic E-state index is 1.19. The standard InChI is InChI=1S/C58H38/c1-2-17-43(18-3-1)57-52-24-10-12-26-54(52)58(55-27-13-11-25-53(55)57)56-38-46(35-36-51(56)50-28-14-20-41-16-6-7-22-48(41)50)49-23-9-8-21-47(49)42-32-29-40(30-33-42)45-34-31-39-15-4-5-19-44(39)37-45/h1-38H. The summed E-state index contributed by atoms with van der Waals surface area (Å²) >= 11 is 0. The van der Waals surface area contributed by atoms with Gasteiger partial charge in [-0.2, -0.15) is 0 Å². The maximum atomic E-state index is 2.45. The predicted octanol–water partition coefficient (Wildman–Crippen LogP) is 16.3. The molecule has 270 valence electrons. The van der Waals surface area contributed by atoms with Crippen LogP contribution in [0.5, 0.6) is 0 Å². The maximum Gasteiger partial charge on any atom is -0.00199 e. The molecule has 0 aromatic heterocycles. The highest BCUT2D eigenvalue weighted by Gasteiger charge is 2.21. The van der Waals surface area contributed by atoms with Crippen LogP contribution in [-0.2, 0) is 0 Å². The van der Waals surface area contributed by atoms with E-state index in [0.29, 0.717) is 0 Å². The zero-order valence-electron chi connectivity index (χ0n) is 31.9. The molecule has 0 amide bonds. The van der Waals surface area contributed by atoms with Gasteiger partial charge in [0.1, 0.15) is 0 Å². The normalized spacial score (nSPS) is 11.4. The van der Waals surface area contributed by atoms with Crippen LogP contribution in [0.2, 0.25) is 0 Å². The molecular weight excluding hydrogens is 697 g/mol. The lowest BCUT2D eigenvalue weighted by atomic mass is 9.82. The fourth-order valence-electron chi connectivity index (χ4n) is 9.15. The highest BCUT2D eigenvalue weighted by molar-refractivity contribution is 6.23. The molecule has 0 bridgehead atoms. The molecule has 11 rings (SSSR count). The lowest BCUT2D eigenvalue weighted by Crippen LogP contribution is -1.94. The van der Waals surface area contributed by atoms with Crippen molar-refractivity contribution >= 4 is 43.1 Å². The molecule has 11 aromatic rings. The number of fused-ring (bicyclic) bond motifs is 4. The van der Waals surface area contributed by atoms with Gasteiger partial charge in [0, 0.05) is 0 Å². The molecule has 0 saturated heterocycles. The van der Waals surface area contributed by atoms with Gasteiger partial charge in [-0.15, -0.1) is 0 Å². The Morgan fingerprint density at radius 3 is 1.36 bits per heavy atom. The van der Waals surface area contributed by atoms with Gasteiger partial charge in [-0.05, 0) is 122 Å². The molecule has 0 saturated carbocycles. The summed E-state index contributed by atoms with van der Waals surface area (Å²) in [4.78, 5) is 0. The van der Waals surface area contributed by atoms with E-state index in [-0.39, 0.29) is 0 Å². The van der Waals surface area contributed by atoms with Crippen LogP contribution in [0.15, 0.2) is 231 Å². The third-order valence-electron chi connectivity index (χ3n) is 11.9. The molecule has 0 unspecified atom stereocenters. The maximum absolute atomic E-state index is 2.45. The Balaban J connectivity index is 1.14. The molecule has 0 radical (unpaired) electrons. The zero-order valence-corrected chi connectivity index (χ0v) is 31.9. The molecule has 0 N–H and O–H groups in total. The minimum Gasteiger partial charge on any atom is -0.0622 e. The topological polar surface area (TPSA) is 0 Å². The summed E-state index contributed by atoms with van der Waals surface area (Å²) in [5.41, 5.74) is 14.7. The molecule has 11 aromatic carbocycles. The molecule has 0 heterocycles. The summed E-state index contributed by atoms with van der Waals surface area (Å²) in [5.74, 6) is 0. The van der Waals surface area contributed by atoms with E-state index in [1.807, 2.05) is 0 Å². The monoisotopic (exact) mass is 734 g/mol. The first-order valence-electron chi connectivity index (χ1n) is 20.1. The number of hydrogen-bond acceptors (Lipinski definition) is 0. The van der Waals surface area contributed by atoms with Crippen LogP contribution in [0.3, 0.4) is 0 Å². The Kier molecular flexibility index (Phi) is 8.26. The molecule has 0 nitrogen and oxygen atoms in total. The molecule has 0 fully saturated rings. The second kappa shape index (κ2) is 14.2. The molecule has 0 aliphatic heterocycles. The van der Waals surface area contributed by atoms with Crippen molar-refractivity contribution < 1.29 is 0 Å². The largest absolute Gasteiger partial charge is 0.0622 e. The van der Waals surface area contributed by atoms with Gasteiger partial charge in [-0.25, -0.2) is 0 Å². The average molecular weight is 735 g/mol. The highest BCUT2D eigenvalue weighted by atomic mass is 14.2. The zero-order chi connectivity index (χ0) is 38.4. The molecule has 58 heavy (non-hydrogen) atoms. The van der Waals surface area contributed by atoms with Crippen LogP contribution < -0.4 is 0 Å². The van der Waals surface area contributed by atoms with Crippen LogP contribution in [-0.4, -0.2) is 0 Å². The van der Waals surface area contributed by atoms with Gasteiger partial charge in [0.25, 0.3) is 0 Å². The van der Waals surface area contributed by atoms with Crippen LogP contribution in [0, 0.1) is 0 Å². The third-order valence-corrected chi connectivity index (χ3v) is 11.9. The summed E-state index contributed by atoms with van der Waals surface area (Å²) < 4.78 is 0. The lowest BCUT2D eigenvalue weighted by Gasteiger charge is -2.21. The Hall–Kier alpha value is -7.54. The summed E-state index contributed by atoms with van der Waals surface area (Å²) in [7, 11) is 0. The van der Waals surface area contributed by atoms with Gasteiger partial charge >= 0.3 is 0 Å². The first kappa shape index (κ1) is 33.8. The smallest absolute Gasteiger partial charge is 0.00199 e. The Morgan fingerprint density at radius 1 is 0.172 bits per heavy atom. The van der Waals surface area contributed by atoms with Gasteiger partial charge in [0.05, 0.1) is 0 Å². The highest BCUT2D eigenvalue weighted by Crippen LogP contribution is 2.48. The SMILES string of the molecule is c1ccc(-c2c3ccccc3c(-c3cc(-c4ccccc4-c4ccc(-c5ccc6ccccc6c5)cc4)ccc3-c3cccc4ccccc34)c3ccccc23)cc1. The average Bonchev–Trinajstić information content (AvgIpc) is 3.30. The lowest BCUT2D eigenvalue weighted by molar-refractivity contribution is 1.57. The second-order valence-electron chi connectivity index (χ2n) is 15.2. The van der Waals surface area contributed by atoms with Crippen molar-refractivity contribution in [2.75, 3.05) is 0 Å². The molecule has 0 atom stereocenters. The Labute approximate surface area is 339 Å². The Morgan fingerprint density at radius 2 is 0.655 bits per heavy atom. The molecule has 0 spiro atoms. The van der Waals surface area contributed by atoms with E-state index in [0.717, 1.165) is 0 Å². The van der Waals surface area contributed by atoms with E-state index in [9.17, 15) is 0 Å². The van der Waals surface area contributed by atoms with E-state index in [1.54, 1.807) is 0 Å². The number of benzene rings is 11. The van der Waals surface area contributed by atoms with Crippen molar-refractivity contribution in [2.45, 2.75) is 0 Å². The van der Waals surface area contributed by atoms with E-state index in [4.69, 9.17) is 0 Å². The van der Waals surface area contributed by atoms with Gasteiger partial charge in [-0.3, -0.25) is 0 Å². The molecule has 0 aliphatic rings. The van der Waals surface area contributed by atoms with Crippen molar-refractivity contribution in [2.24, 2.45) is 0 Å². The van der Waals surface area contributed by atoms with E-state index in [1.165, 1.54) is 110 Å². The quantitative estimate of drug-likeness (QED) is 0.149. The van der Waals surface area contributed by atoms with Crippen LogP contribution in [0.25, 0.3) is 110 Å². The number of rotatable bonds is 6. The van der Waals surface area contributed by atoms with Crippen molar-refractivity contribution in [3.8, 4) is 66.8 Å². The van der Waals surface area contributed by atoms with E-state index in [2.05, 4.69) is 231 Å². The number of hydrogen-bond donors (Lipinski definition) is 0. The van der Waals surface area contributed by atoms with E-state index < -0.39 is 0 Å². The van der Waals surface area contributed by atoms with Crippen molar-refractivity contribution in [3.63, 3.8) is 0 Å². The molecular formula is C58H38. The third kappa shape index (κ3) is 5.78. The second-order valence-corrected chi connectivity index (χ2v) is 15.2. The van der Waals surface area contributed by atoms with Gasteiger partial charge in [0.2, 0.25) is 0 Å². The minimum absolute atomic E-state index is 1.19. The first-order chi connectivity index (χ1) is 28.8.